The lowest BCUT2D eigenvalue weighted by atomic mass is 9.96. The molecule has 1 aromatic rings. The fourth-order valence-electron chi connectivity index (χ4n) is 3.73. The summed E-state index contributed by atoms with van der Waals surface area (Å²) in [7, 11) is -0.906. The van der Waals surface area contributed by atoms with Crippen molar-refractivity contribution in [3.05, 3.63) is 29.8 Å². The largest absolute Gasteiger partial charge is 0.317 e. The Morgan fingerprint density at radius 2 is 1.88 bits per heavy atom. The maximum atomic E-state index is 12.0. The molecule has 7 heteroatoms. The van der Waals surface area contributed by atoms with Crippen LogP contribution < -0.4 is 9.62 Å². The van der Waals surface area contributed by atoms with Crippen LogP contribution in [0.4, 0.5) is 5.69 Å². The van der Waals surface area contributed by atoms with Gasteiger partial charge >= 0.3 is 0 Å². The van der Waals surface area contributed by atoms with Crippen LogP contribution in [0.25, 0.3) is 0 Å². The molecule has 2 aliphatic rings. The van der Waals surface area contributed by atoms with Crippen molar-refractivity contribution >= 4 is 28.1 Å². The van der Waals surface area contributed by atoms with Gasteiger partial charge in [-0.2, -0.15) is 0 Å². The summed E-state index contributed by atoms with van der Waals surface area (Å²) in [5.41, 5.74) is 2.04. The van der Waals surface area contributed by atoms with E-state index in [0.717, 1.165) is 37.7 Å². The van der Waals surface area contributed by atoms with E-state index in [1.807, 2.05) is 12.1 Å². The van der Waals surface area contributed by atoms with Gasteiger partial charge in [-0.3, -0.25) is 9.21 Å². The predicted molar refractivity (Wildman–Crippen MR) is 106 cm³/mol. The van der Waals surface area contributed by atoms with Crippen LogP contribution in [0.1, 0.15) is 37.8 Å². The SMILES string of the molecule is CC(c1ccc(N2CCCS2(=O)=O)cc1)N(C)CC1CCNCC1.Cl. The van der Waals surface area contributed by atoms with Crippen LogP contribution in [0.3, 0.4) is 0 Å². The Hall–Kier alpha value is -0.820. The third kappa shape index (κ3) is 4.88. The predicted octanol–water partition coefficient (Wildman–Crippen LogP) is 2.64. The van der Waals surface area contributed by atoms with Crippen LogP contribution in [0.2, 0.25) is 0 Å². The first-order chi connectivity index (χ1) is 11.5. The molecule has 0 spiro atoms. The van der Waals surface area contributed by atoms with Gasteiger partial charge in [0.15, 0.2) is 0 Å². The van der Waals surface area contributed by atoms with Gasteiger partial charge in [0.2, 0.25) is 10.0 Å². The summed E-state index contributed by atoms with van der Waals surface area (Å²) < 4.78 is 25.6. The molecular weight excluding hydrogens is 358 g/mol. The zero-order valence-corrected chi connectivity index (χ0v) is 16.8. The minimum Gasteiger partial charge on any atom is -0.317 e. The van der Waals surface area contributed by atoms with Crippen molar-refractivity contribution in [1.29, 1.82) is 0 Å². The van der Waals surface area contributed by atoms with Gasteiger partial charge in [-0.15, -0.1) is 12.4 Å². The molecule has 0 saturated carbocycles. The van der Waals surface area contributed by atoms with E-state index >= 15 is 0 Å². The molecule has 2 fully saturated rings. The Labute approximate surface area is 158 Å². The van der Waals surface area contributed by atoms with Gasteiger partial charge in [0, 0.05) is 19.1 Å². The Morgan fingerprint density at radius 1 is 1.24 bits per heavy atom. The number of sulfonamides is 1. The quantitative estimate of drug-likeness (QED) is 0.843. The van der Waals surface area contributed by atoms with Crippen molar-refractivity contribution in [2.75, 3.05) is 43.3 Å². The molecule has 0 bridgehead atoms. The molecule has 0 aliphatic carbocycles. The van der Waals surface area contributed by atoms with E-state index in [-0.39, 0.29) is 18.2 Å². The van der Waals surface area contributed by atoms with E-state index in [2.05, 4.69) is 36.3 Å². The highest BCUT2D eigenvalue weighted by Crippen LogP contribution is 2.27. The zero-order valence-electron chi connectivity index (χ0n) is 15.1. The number of rotatable bonds is 5. The molecule has 0 radical (unpaired) electrons. The first-order valence-electron chi connectivity index (χ1n) is 8.99. The fraction of sp³-hybridized carbons (Fsp3) is 0.667. The number of nitrogens with one attached hydrogen (secondary N) is 1. The van der Waals surface area contributed by atoms with E-state index < -0.39 is 10.0 Å². The van der Waals surface area contributed by atoms with E-state index in [1.54, 1.807) is 4.31 Å². The molecule has 5 nitrogen and oxygen atoms in total. The zero-order chi connectivity index (χ0) is 17.2. The summed E-state index contributed by atoms with van der Waals surface area (Å²) in [4.78, 5) is 2.41. The van der Waals surface area contributed by atoms with Crippen molar-refractivity contribution < 1.29 is 8.42 Å². The van der Waals surface area contributed by atoms with Gasteiger partial charge in [0.05, 0.1) is 11.4 Å². The van der Waals surface area contributed by atoms with Crippen LogP contribution in [0, 0.1) is 5.92 Å². The number of piperidine rings is 1. The Bertz CT molecular complexity index is 645. The third-order valence-corrected chi connectivity index (χ3v) is 7.30. The first-order valence-corrected chi connectivity index (χ1v) is 10.6. The fourth-order valence-corrected chi connectivity index (χ4v) is 5.30. The van der Waals surface area contributed by atoms with Crippen molar-refractivity contribution in [3.8, 4) is 0 Å². The normalized spacial score (nSPS) is 22.0. The summed E-state index contributed by atoms with van der Waals surface area (Å²) in [5, 5.41) is 3.42. The number of hydrogen-bond acceptors (Lipinski definition) is 4. The van der Waals surface area contributed by atoms with Gasteiger partial charge in [0.1, 0.15) is 0 Å². The molecule has 2 aliphatic heterocycles. The van der Waals surface area contributed by atoms with E-state index in [9.17, 15) is 8.42 Å². The Morgan fingerprint density at radius 3 is 2.44 bits per heavy atom. The lowest BCUT2D eigenvalue weighted by Gasteiger charge is -2.31. The topological polar surface area (TPSA) is 52.7 Å². The summed E-state index contributed by atoms with van der Waals surface area (Å²) in [6.07, 6.45) is 3.23. The van der Waals surface area contributed by atoms with E-state index in [1.165, 1.54) is 18.4 Å². The van der Waals surface area contributed by atoms with Crippen molar-refractivity contribution in [2.45, 2.75) is 32.2 Å². The summed E-state index contributed by atoms with van der Waals surface area (Å²) in [6.45, 7) is 6.21. The lowest BCUT2D eigenvalue weighted by molar-refractivity contribution is 0.197. The molecule has 25 heavy (non-hydrogen) atoms. The lowest BCUT2D eigenvalue weighted by Crippen LogP contribution is -2.35. The molecule has 142 valence electrons. The molecule has 0 aromatic heterocycles. The van der Waals surface area contributed by atoms with Crippen LogP contribution in [-0.4, -0.2) is 52.3 Å². The Kier molecular flexibility index (Phi) is 7.14. The standard InChI is InChI=1S/C18H29N3O2S.ClH/c1-15(20(2)14-16-8-10-19-11-9-16)17-4-6-18(7-5-17)21-12-3-13-24(21,22)23;/h4-7,15-16,19H,3,8-14H2,1-2H3;1H. The van der Waals surface area contributed by atoms with E-state index in [4.69, 9.17) is 0 Å². The number of benzene rings is 1. The molecule has 1 N–H and O–H groups in total. The highest BCUT2D eigenvalue weighted by Gasteiger charge is 2.28. The minimum absolute atomic E-state index is 0. The van der Waals surface area contributed by atoms with Gasteiger partial charge in [-0.05, 0) is 69.9 Å². The molecule has 1 unspecified atom stereocenters. The van der Waals surface area contributed by atoms with Crippen molar-refractivity contribution in [3.63, 3.8) is 0 Å². The molecule has 1 aromatic carbocycles. The summed E-state index contributed by atoms with van der Waals surface area (Å²) in [6, 6.07) is 8.39. The number of nitrogens with zero attached hydrogens (tertiary/aromatic N) is 2. The number of anilines is 1. The molecule has 1 atom stereocenters. The minimum atomic E-state index is -3.09. The molecule has 2 heterocycles. The van der Waals surface area contributed by atoms with Gasteiger partial charge in [-0.25, -0.2) is 8.42 Å². The maximum absolute atomic E-state index is 12.0. The molecule has 2 saturated heterocycles. The van der Waals surface area contributed by atoms with Crippen LogP contribution in [0.15, 0.2) is 24.3 Å². The second-order valence-electron chi connectivity index (χ2n) is 7.14. The third-order valence-electron chi connectivity index (χ3n) is 5.43. The molecular formula is C18H30ClN3O2S. The second-order valence-corrected chi connectivity index (χ2v) is 9.16. The second kappa shape index (κ2) is 8.71. The summed E-state index contributed by atoms with van der Waals surface area (Å²) in [5.74, 6) is 1.04. The van der Waals surface area contributed by atoms with Gasteiger partial charge < -0.3 is 5.32 Å². The first kappa shape index (κ1) is 20.5. The molecule has 0 amide bonds. The van der Waals surface area contributed by atoms with Crippen LogP contribution >= 0.6 is 12.4 Å². The molecule has 3 rings (SSSR count). The van der Waals surface area contributed by atoms with Gasteiger partial charge in [0.25, 0.3) is 0 Å². The van der Waals surface area contributed by atoms with Crippen molar-refractivity contribution in [2.24, 2.45) is 5.92 Å². The highest BCUT2D eigenvalue weighted by molar-refractivity contribution is 7.93. The average Bonchev–Trinajstić information content (AvgIpc) is 2.94. The van der Waals surface area contributed by atoms with E-state index in [0.29, 0.717) is 12.6 Å². The van der Waals surface area contributed by atoms with Crippen LogP contribution in [-0.2, 0) is 10.0 Å². The monoisotopic (exact) mass is 387 g/mol. The van der Waals surface area contributed by atoms with Gasteiger partial charge in [-0.1, -0.05) is 12.1 Å². The Balaban J connectivity index is 0.00000225. The number of halogens is 1. The number of hydrogen-bond donors (Lipinski definition) is 1. The highest BCUT2D eigenvalue weighted by atomic mass is 35.5. The summed E-state index contributed by atoms with van der Waals surface area (Å²) >= 11 is 0. The van der Waals surface area contributed by atoms with Crippen LogP contribution in [0.5, 0.6) is 0 Å². The average molecular weight is 388 g/mol. The van der Waals surface area contributed by atoms with Crippen molar-refractivity contribution in [1.82, 2.24) is 10.2 Å². The smallest absolute Gasteiger partial charge is 0.235 e. The maximum Gasteiger partial charge on any atom is 0.235 e.